The first-order valence-corrected chi connectivity index (χ1v) is 9.53. The van der Waals surface area contributed by atoms with Crippen molar-refractivity contribution in [3.8, 4) is 0 Å². The second-order valence-corrected chi connectivity index (χ2v) is 6.87. The highest BCUT2D eigenvalue weighted by molar-refractivity contribution is 5.96. The Balaban J connectivity index is 1.64. The zero-order chi connectivity index (χ0) is 19.9. The second-order valence-electron chi connectivity index (χ2n) is 6.87. The largest absolute Gasteiger partial charge is 0.376 e. The van der Waals surface area contributed by atoms with E-state index >= 15 is 0 Å². The molecular formula is C20H26N4O4. The number of amides is 3. The summed E-state index contributed by atoms with van der Waals surface area (Å²) in [6.07, 6.45) is 2.71. The van der Waals surface area contributed by atoms with Gasteiger partial charge in [-0.05, 0) is 43.9 Å². The minimum atomic E-state index is -0.345. The van der Waals surface area contributed by atoms with E-state index in [0.29, 0.717) is 30.4 Å². The lowest BCUT2D eigenvalue weighted by atomic mass is 10.1. The Morgan fingerprint density at radius 2 is 2.04 bits per heavy atom. The van der Waals surface area contributed by atoms with Crippen LogP contribution >= 0.6 is 0 Å². The van der Waals surface area contributed by atoms with Crippen molar-refractivity contribution in [2.45, 2.75) is 39.2 Å². The van der Waals surface area contributed by atoms with E-state index in [2.05, 4.69) is 22.7 Å². The van der Waals surface area contributed by atoms with Crippen LogP contribution in [0, 0.1) is 6.92 Å². The number of nitrogens with zero attached hydrogens (tertiary/aromatic N) is 2. The second kappa shape index (κ2) is 9.36. The lowest BCUT2D eigenvalue weighted by Crippen LogP contribution is -2.44. The van der Waals surface area contributed by atoms with Crippen LogP contribution in [0.25, 0.3) is 0 Å². The predicted octanol–water partition coefficient (Wildman–Crippen LogP) is 3.20. The molecule has 3 rings (SSSR count). The molecule has 1 saturated heterocycles. The zero-order valence-electron chi connectivity index (χ0n) is 16.2. The zero-order valence-corrected chi connectivity index (χ0v) is 16.2. The molecule has 2 heterocycles. The number of anilines is 2. The van der Waals surface area contributed by atoms with Crippen LogP contribution in [0.15, 0.2) is 34.9 Å². The number of benzene rings is 1. The van der Waals surface area contributed by atoms with E-state index in [1.165, 1.54) is 10.5 Å². The van der Waals surface area contributed by atoms with Gasteiger partial charge in [-0.25, -0.2) is 4.79 Å². The van der Waals surface area contributed by atoms with Gasteiger partial charge in [-0.15, -0.1) is 0 Å². The fraction of sp³-hybridized carbons (Fsp3) is 0.450. The molecule has 0 spiro atoms. The summed E-state index contributed by atoms with van der Waals surface area (Å²) >= 11 is 0. The van der Waals surface area contributed by atoms with Crippen LogP contribution in [0.1, 0.15) is 31.1 Å². The van der Waals surface area contributed by atoms with Crippen molar-refractivity contribution < 1.29 is 18.8 Å². The van der Waals surface area contributed by atoms with Crippen LogP contribution in [0.4, 0.5) is 16.3 Å². The molecule has 1 aliphatic rings. The minimum absolute atomic E-state index is 0.0599. The van der Waals surface area contributed by atoms with Gasteiger partial charge < -0.3 is 24.8 Å². The maximum absolute atomic E-state index is 12.8. The molecule has 0 unspecified atom stereocenters. The summed E-state index contributed by atoms with van der Waals surface area (Å²) in [5.41, 5.74) is 1.88. The van der Waals surface area contributed by atoms with E-state index in [0.717, 1.165) is 19.3 Å². The number of hydrogen-bond donors (Lipinski definition) is 2. The lowest BCUT2D eigenvalue weighted by molar-refractivity contribution is -0.117. The maximum Gasteiger partial charge on any atom is 0.322 e. The molecular weight excluding hydrogens is 360 g/mol. The molecule has 1 aliphatic heterocycles. The third-order valence-corrected chi connectivity index (χ3v) is 4.58. The van der Waals surface area contributed by atoms with Crippen molar-refractivity contribution in [3.63, 3.8) is 0 Å². The van der Waals surface area contributed by atoms with E-state index in [9.17, 15) is 9.59 Å². The number of hydrogen-bond acceptors (Lipinski definition) is 5. The number of ether oxygens (including phenoxy) is 1. The van der Waals surface area contributed by atoms with Crippen molar-refractivity contribution >= 4 is 23.4 Å². The Labute approximate surface area is 164 Å². The Morgan fingerprint density at radius 3 is 2.64 bits per heavy atom. The lowest BCUT2D eigenvalue weighted by Gasteiger charge is -2.25. The molecule has 0 radical (unpaired) electrons. The number of nitrogens with one attached hydrogen (secondary N) is 2. The van der Waals surface area contributed by atoms with E-state index in [1.54, 1.807) is 13.0 Å². The van der Waals surface area contributed by atoms with Crippen molar-refractivity contribution in [1.82, 2.24) is 10.1 Å². The summed E-state index contributed by atoms with van der Waals surface area (Å²) in [6.45, 7) is 4.74. The quantitative estimate of drug-likeness (QED) is 0.762. The average Bonchev–Trinajstić information content (AvgIpc) is 3.33. The smallest absolute Gasteiger partial charge is 0.322 e. The molecule has 1 aromatic heterocycles. The molecule has 2 aromatic rings. The highest BCUT2D eigenvalue weighted by Crippen LogP contribution is 2.16. The first kappa shape index (κ1) is 19.9. The average molecular weight is 386 g/mol. The predicted molar refractivity (Wildman–Crippen MR) is 105 cm³/mol. The molecule has 1 aromatic carbocycles. The van der Waals surface area contributed by atoms with E-state index in [-0.39, 0.29) is 24.6 Å². The highest BCUT2D eigenvalue weighted by atomic mass is 16.5. The number of rotatable bonds is 7. The molecule has 28 heavy (non-hydrogen) atoms. The molecule has 0 bridgehead atoms. The van der Waals surface area contributed by atoms with Crippen LogP contribution in [0.3, 0.4) is 0 Å². The molecule has 150 valence electrons. The standard InChI is InChI=1S/C20H26N4O4/c1-3-15-6-8-16(9-7-15)21-20(26)24(12-17-5-4-10-27-17)13-19(25)22-18-11-14(2)28-23-18/h6-9,11,17H,3-5,10,12-13H2,1-2H3,(H,21,26)(H,22,23,25)/t17-/m1/s1. The van der Waals surface area contributed by atoms with Gasteiger partial charge in [0.05, 0.1) is 6.10 Å². The first-order valence-electron chi connectivity index (χ1n) is 9.53. The number of aromatic nitrogens is 1. The Hall–Kier alpha value is -2.87. The fourth-order valence-corrected chi connectivity index (χ4v) is 3.06. The van der Waals surface area contributed by atoms with Crippen molar-refractivity contribution in [3.05, 3.63) is 41.7 Å². The third-order valence-electron chi connectivity index (χ3n) is 4.58. The molecule has 8 heteroatoms. The van der Waals surface area contributed by atoms with Gasteiger partial charge in [0, 0.05) is 24.9 Å². The van der Waals surface area contributed by atoms with Gasteiger partial charge in [-0.2, -0.15) is 0 Å². The topological polar surface area (TPSA) is 96.7 Å². The van der Waals surface area contributed by atoms with Gasteiger partial charge in [-0.3, -0.25) is 4.79 Å². The third kappa shape index (κ3) is 5.56. The normalized spacial score (nSPS) is 16.0. The molecule has 0 aliphatic carbocycles. The molecule has 1 atom stereocenters. The molecule has 3 amide bonds. The Morgan fingerprint density at radius 1 is 1.25 bits per heavy atom. The number of carbonyl (C=O) groups excluding carboxylic acids is 2. The number of urea groups is 1. The molecule has 1 fully saturated rings. The number of aryl methyl sites for hydroxylation is 2. The molecule has 8 nitrogen and oxygen atoms in total. The SMILES string of the molecule is CCc1ccc(NC(=O)N(CC(=O)Nc2cc(C)on2)C[C@H]2CCCO2)cc1. The summed E-state index contributed by atoms with van der Waals surface area (Å²) in [4.78, 5) is 26.6. The summed E-state index contributed by atoms with van der Waals surface area (Å²) in [6, 6.07) is 8.95. The molecule has 2 N–H and O–H groups in total. The summed E-state index contributed by atoms with van der Waals surface area (Å²) in [5, 5.41) is 9.25. The Bertz CT molecular complexity index is 797. The van der Waals surface area contributed by atoms with Gasteiger partial charge in [0.25, 0.3) is 0 Å². The van der Waals surface area contributed by atoms with Gasteiger partial charge in [0.2, 0.25) is 5.91 Å². The minimum Gasteiger partial charge on any atom is -0.376 e. The van der Waals surface area contributed by atoms with Crippen molar-refractivity contribution in [2.24, 2.45) is 0 Å². The highest BCUT2D eigenvalue weighted by Gasteiger charge is 2.25. The van der Waals surface area contributed by atoms with Gasteiger partial charge in [-0.1, -0.05) is 24.2 Å². The summed E-state index contributed by atoms with van der Waals surface area (Å²) < 4.78 is 10.6. The van der Waals surface area contributed by atoms with Crippen LogP contribution in [0.2, 0.25) is 0 Å². The Kier molecular flexibility index (Phi) is 6.65. The van der Waals surface area contributed by atoms with Gasteiger partial charge >= 0.3 is 6.03 Å². The van der Waals surface area contributed by atoms with Crippen molar-refractivity contribution in [1.29, 1.82) is 0 Å². The number of carbonyl (C=O) groups is 2. The summed E-state index contributed by atoms with van der Waals surface area (Å²) in [7, 11) is 0. The molecule has 0 saturated carbocycles. The van der Waals surface area contributed by atoms with Crippen LogP contribution in [-0.2, 0) is 16.0 Å². The van der Waals surface area contributed by atoms with Crippen molar-refractivity contribution in [2.75, 3.05) is 30.3 Å². The van der Waals surface area contributed by atoms with Crippen LogP contribution < -0.4 is 10.6 Å². The van der Waals surface area contributed by atoms with Crippen LogP contribution in [-0.4, -0.2) is 47.8 Å². The summed E-state index contributed by atoms with van der Waals surface area (Å²) in [5.74, 6) is 0.581. The van der Waals surface area contributed by atoms with E-state index < -0.39 is 0 Å². The fourth-order valence-electron chi connectivity index (χ4n) is 3.06. The maximum atomic E-state index is 12.8. The monoisotopic (exact) mass is 386 g/mol. The van der Waals surface area contributed by atoms with E-state index in [1.807, 2.05) is 24.3 Å². The van der Waals surface area contributed by atoms with Crippen LogP contribution in [0.5, 0.6) is 0 Å². The first-order chi connectivity index (χ1) is 13.5. The van der Waals surface area contributed by atoms with Gasteiger partial charge in [0.15, 0.2) is 5.82 Å². The van der Waals surface area contributed by atoms with E-state index in [4.69, 9.17) is 9.26 Å². The van der Waals surface area contributed by atoms with Gasteiger partial charge in [0.1, 0.15) is 12.3 Å².